The van der Waals surface area contributed by atoms with Crippen molar-refractivity contribution < 1.29 is 4.79 Å². The van der Waals surface area contributed by atoms with E-state index in [0.717, 1.165) is 25.0 Å². The van der Waals surface area contributed by atoms with Crippen molar-refractivity contribution >= 4 is 11.8 Å². The van der Waals surface area contributed by atoms with Gasteiger partial charge in [-0.05, 0) is 38.3 Å². The molecule has 0 saturated carbocycles. The van der Waals surface area contributed by atoms with Gasteiger partial charge in [-0.3, -0.25) is 10.00 Å². The molecule has 1 atom stereocenters. The Morgan fingerprint density at radius 1 is 1.41 bits per heavy atom. The van der Waals surface area contributed by atoms with Crippen LogP contribution in [0.3, 0.4) is 0 Å². The highest BCUT2D eigenvalue weighted by atomic mass is 16.2. The van der Waals surface area contributed by atoms with E-state index in [4.69, 9.17) is 0 Å². The van der Waals surface area contributed by atoms with Crippen molar-refractivity contribution in [3.63, 3.8) is 0 Å². The molecule has 0 fully saturated rings. The molecule has 2 aromatic rings. The van der Waals surface area contributed by atoms with Crippen molar-refractivity contribution in [2.75, 3.05) is 5.32 Å². The summed E-state index contributed by atoms with van der Waals surface area (Å²) in [7, 11) is 3.86. The quantitative estimate of drug-likeness (QED) is 0.861. The fourth-order valence-corrected chi connectivity index (χ4v) is 2.39. The van der Waals surface area contributed by atoms with E-state index in [9.17, 15) is 4.79 Å². The highest BCUT2D eigenvalue weighted by molar-refractivity contribution is 5.88. The van der Waals surface area contributed by atoms with Gasteiger partial charge in [-0.25, -0.2) is 4.79 Å². The average molecular weight is 303 g/mol. The average Bonchev–Trinajstić information content (AvgIpc) is 3.03. The van der Waals surface area contributed by atoms with Gasteiger partial charge in [-0.15, -0.1) is 0 Å². The van der Waals surface area contributed by atoms with E-state index in [1.807, 2.05) is 46.3 Å². The Hall–Kier alpha value is -2.24. The molecule has 0 bridgehead atoms. The summed E-state index contributed by atoms with van der Waals surface area (Å²) in [6.45, 7) is 4.06. The molecule has 0 aliphatic heterocycles. The summed E-state index contributed by atoms with van der Waals surface area (Å²) in [5.74, 6) is 0.712. The number of aromatic nitrogens is 3. The molecule has 22 heavy (non-hydrogen) atoms. The van der Waals surface area contributed by atoms with Gasteiger partial charge in [-0.1, -0.05) is 6.92 Å². The van der Waals surface area contributed by atoms with Crippen LogP contribution in [0.4, 0.5) is 10.6 Å². The zero-order valence-electron chi connectivity index (χ0n) is 13.8. The van der Waals surface area contributed by atoms with Crippen LogP contribution in [0, 0.1) is 0 Å². The normalized spacial score (nSPS) is 12.2. The van der Waals surface area contributed by atoms with Gasteiger partial charge in [0.15, 0.2) is 0 Å². The number of rotatable bonds is 6. The summed E-state index contributed by atoms with van der Waals surface area (Å²) >= 11 is 0. The first kappa shape index (κ1) is 16.1. The molecular formula is C16H25N5O. The van der Waals surface area contributed by atoms with Crippen molar-refractivity contribution in [3.05, 3.63) is 35.8 Å². The topological polar surface area (TPSA) is 63.9 Å². The number of carbonyl (C=O) groups excluding carboxylic acids is 1. The molecule has 6 nitrogen and oxygen atoms in total. The lowest BCUT2D eigenvalue weighted by molar-refractivity contribution is 0.248. The lowest BCUT2D eigenvalue weighted by Gasteiger charge is -2.15. The van der Waals surface area contributed by atoms with Crippen molar-refractivity contribution in [1.82, 2.24) is 19.7 Å². The predicted octanol–water partition coefficient (Wildman–Crippen LogP) is 2.46. The Labute approximate surface area is 131 Å². The van der Waals surface area contributed by atoms with Crippen molar-refractivity contribution in [3.8, 4) is 0 Å². The molecule has 120 valence electrons. The predicted molar refractivity (Wildman–Crippen MR) is 87.9 cm³/mol. The first-order chi connectivity index (χ1) is 10.5. The van der Waals surface area contributed by atoms with Gasteiger partial charge in [-0.2, -0.15) is 5.10 Å². The summed E-state index contributed by atoms with van der Waals surface area (Å²) in [5, 5.41) is 10.1. The second-order valence-corrected chi connectivity index (χ2v) is 5.65. The summed E-state index contributed by atoms with van der Waals surface area (Å²) < 4.78 is 3.79. The SMILES string of the molecule is CCc1cc(NC(=O)NC(C)CCc2cccn2C)n(C)n1. The Balaban J connectivity index is 1.80. The Kier molecular flexibility index (Phi) is 5.25. The van der Waals surface area contributed by atoms with Gasteiger partial charge < -0.3 is 9.88 Å². The highest BCUT2D eigenvalue weighted by Gasteiger charge is 2.11. The summed E-state index contributed by atoms with van der Waals surface area (Å²) in [6, 6.07) is 5.95. The monoisotopic (exact) mass is 303 g/mol. The van der Waals surface area contributed by atoms with Gasteiger partial charge in [0.25, 0.3) is 0 Å². The Morgan fingerprint density at radius 2 is 2.18 bits per heavy atom. The molecule has 0 radical (unpaired) electrons. The minimum Gasteiger partial charge on any atom is -0.354 e. The number of anilines is 1. The molecule has 0 aliphatic rings. The van der Waals surface area contributed by atoms with Crippen molar-refractivity contribution in [1.29, 1.82) is 0 Å². The maximum absolute atomic E-state index is 12.0. The molecular weight excluding hydrogens is 278 g/mol. The minimum atomic E-state index is -0.190. The van der Waals surface area contributed by atoms with E-state index in [-0.39, 0.29) is 12.1 Å². The third-order valence-electron chi connectivity index (χ3n) is 3.80. The summed E-state index contributed by atoms with van der Waals surface area (Å²) in [4.78, 5) is 12.0. The van der Waals surface area contributed by atoms with Gasteiger partial charge in [0.2, 0.25) is 0 Å². The smallest absolute Gasteiger partial charge is 0.320 e. The molecule has 2 amide bonds. The zero-order valence-corrected chi connectivity index (χ0v) is 13.8. The largest absolute Gasteiger partial charge is 0.354 e. The van der Waals surface area contributed by atoms with E-state index in [2.05, 4.69) is 26.4 Å². The number of carbonyl (C=O) groups is 1. The molecule has 2 heterocycles. The standard InChI is InChI=1S/C16H25N5O/c1-5-13-11-15(21(4)19-13)18-16(22)17-12(2)8-9-14-7-6-10-20(14)3/h6-7,10-12H,5,8-9H2,1-4H3,(H2,17,18,22). The van der Waals surface area contributed by atoms with E-state index in [1.165, 1.54) is 5.69 Å². The van der Waals surface area contributed by atoms with Crippen LogP contribution in [0.25, 0.3) is 0 Å². The third kappa shape index (κ3) is 4.13. The highest BCUT2D eigenvalue weighted by Crippen LogP contribution is 2.10. The first-order valence-electron chi connectivity index (χ1n) is 7.70. The third-order valence-corrected chi connectivity index (χ3v) is 3.80. The Bertz CT molecular complexity index is 628. The maximum atomic E-state index is 12.0. The number of aryl methyl sites for hydroxylation is 4. The summed E-state index contributed by atoms with van der Waals surface area (Å²) in [6.07, 6.45) is 4.73. The van der Waals surface area contributed by atoms with Crippen molar-refractivity contribution in [2.45, 2.75) is 39.2 Å². The van der Waals surface area contributed by atoms with E-state index < -0.39 is 0 Å². The van der Waals surface area contributed by atoms with Crippen LogP contribution >= 0.6 is 0 Å². The second kappa shape index (κ2) is 7.15. The van der Waals surface area contributed by atoms with Crippen LogP contribution in [0.2, 0.25) is 0 Å². The van der Waals surface area contributed by atoms with Crippen LogP contribution in [-0.4, -0.2) is 26.4 Å². The number of hydrogen-bond donors (Lipinski definition) is 2. The van der Waals surface area contributed by atoms with Crippen LogP contribution in [-0.2, 0) is 26.9 Å². The molecule has 2 rings (SSSR count). The van der Waals surface area contributed by atoms with Crippen LogP contribution in [0.1, 0.15) is 31.7 Å². The molecule has 2 N–H and O–H groups in total. The Morgan fingerprint density at radius 3 is 2.77 bits per heavy atom. The van der Waals surface area contributed by atoms with Gasteiger partial charge >= 0.3 is 6.03 Å². The molecule has 6 heteroatoms. The number of nitrogens with zero attached hydrogens (tertiary/aromatic N) is 3. The fraction of sp³-hybridized carbons (Fsp3) is 0.500. The zero-order chi connectivity index (χ0) is 16.1. The van der Waals surface area contributed by atoms with Gasteiger partial charge in [0.05, 0.1) is 5.69 Å². The van der Waals surface area contributed by atoms with E-state index >= 15 is 0 Å². The molecule has 0 aliphatic carbocycles. The number of amides is 2. The van der Waals surface area contributed by atoms with Crippen LogP contribution < -0.4 is 10.6 Å². The lowest BCUT2D eigenvalue weighted by Crippen LogP contribution is -2.36. The minimum absolute atomic E-state index is 0.105. The molecule has 0 aromatic carbocycles. The summed E-state index contributed by atoms with van der Waals surface area (Å²) in [5.41, 5.74) is 2.24. The van der Waals surface area contributed by atoms with E-state index in [0.29, 0.717) is 5.82 Å². The molecule has 0 spiro atoms. The van der Waals surface area contributed by atoms with Crippen LogP contribution in [0.5, 0.6) is 0 Å². The van der Waals surface area contributed by atoms with Crippen molar-refractivity contribution in [2.24, 2.45) is 14.1 Å². The molecule has 2 aromatic heterocycles. The van der Waals surface area contributed by atoms with Gasteiger partial charge in [0.1, 0.15) is 5.82 Å². The van der Waals surface area contributed by atoms with Gasteiger partial charge in [0, 0.05) is 38.1 Å². The first-order valence-corrected chi connectivity index (χ1v) is 7.70. The number of nitrogens with one attached hydrogen (secondary N) is 2. The second-order valence-electron chi connectivity index (χ2n) is 5.65. The number of urea groups is 1. The molecule has 1 unspecified atom stereocenters. The number of hydrogen-bond acceptors (Lipinski definition) is 2. The van der Waals surface area contributed by atoms with E-state index in [1.54, 1.807) is 4.68 Å². The fourth-order valence-electron chi connectivity index (χ4n) is 2.39. The maximum Gasteiger partial charge on any atom is 0.320 e. The molecule has 0 saturated heterocycles. The van der Waals surface area contributed by atoms with Crippen LogP contribution in [0.15, 0.2) is 24.4 Å². The lowest BCUT2D eigenvalue weighted by atomic mass is 10.1.